The Hall–Kier alpha value is -2.00. The van der Waals surface area contributed by atoms with Gasteiger partial charge in [0.1, 0.15) is 18.3 Å². The first-order valence-corrected chi connectivity index (χ1v) is 9.29. The summed E-state index contributed by atoms with van der Waals surface area (Å²) in [6.45, 7) is -0.0891. The van der Waals surface area contributed by atoms with E-state index in [4.69, 9.17) is 18.9 Å². The molecule has 0 saturated carbocycles. The molecule has 7 nitrogen and oxygen atoms in total. The van der Waals surface area contributed by atoms with Gasteiger partial charge in [-0.15, -0.1) is 0 Å². The fourth-order valence-electron chi connectivity index (χ4n) is 3.04. The molecule has 0 unspecified atom stereocenters. The van der Waals surface area contributed by atoms with Crippen molar-refractivity contribution in [3.05, 3.63) is 23.8 Å². The quantitative estimate of drug-likeness (QED) is 0.417. The molecule has 3 aliphatic heterocycles. The van der Waals surface area contributed by atoms with Crippen molar-refractivity contribution >= 4 is 10.1 Å². The fourth-order valence-corrected chi connectivity index (χ4v) is 3.64. The largest absolute Gasteiger partial charge is 0.523 e. The van der Waals surface area contributed by atoms with Gasteiger partial charge >= 0.3 is 15.6 Å². The first-order chi connectivity index (χ1) is 12.7. The van der Waals surface area contributed by atoms with Crippen molar-refractivity contribution in [1.82, 2.24) is 0 Å². The minimum Gasteiger partial charge on any atom is -0.454 e. The number of hydrogen-bond acceptors (Lipinski definition) is 7. The predicted molar refractivity (Wildman–Crippen MR) is 82.3 cm³/mol. The van der Waals surface area contributed by atoms with Gasteiger partial charge in [-0.1, -0.05) is 11.8 Å². The minimum absolute atomic E-state index is 0.0960. The van der Waals surface area contributed by atoms with Crippen molar-refractivity contribution in [2.45, 2.75) is 23.8 Å². The van der Waals surface area contributed by atoms with Crippen LogP contribution in [0.5, 0.6) is 11.5 Å². The highest BCUT2D eigenvalue weighted by molar-refractivity contribution is 7.87. The lowest BCUT2D eigenvalue weighted by molar-refractivity contribution is -0.0624. The lowest BCUT2D eigenvalue weighted by atomic mass is 10.0. The molecule has 2 saturated heterocycles. The number of fused-ring (bicyclic) bond motifs is 2. The summed E-state index contributed by atoms with van der Waals surface area (Å²) >= 11 is 0. The van der Waals surface area contributed by atoms with Gasteiger partial charge in [0.15, 0.2) is 11.5 Å². The Kier molecular flexibility index (Phi) is 4.46. The molecule has 2 fully saturated rings. The highest BCUT2D eigenvalue weighted by Gasteiger charge is 2.54. The van der Waals surface area contributed by atoms with E-state index in [0.29, 0.717) is 17.1 Å². The topological polar surface area (TPSA) is 80.3 Å². The number of halogens is 3. The van der Waals surface area contributed by atoms with Crippen LogP contribution in [0, 0.1) is 17.8 Å². The van der Waals surface area contributed by atoms with Crippen molar-refractivity contribution < 1.29 is 44.7 Å². The molecule has 4 atom stereocenters. The third-order valence-corrected chi connectivity index (χ3v) is 5.38. The maximum absolute atomic E-state index is 12.5. The van der Waals surface area contributed by atoms with E-state index in [0.717, 1.165) is 0 Å². The van der Waals surface area contributed by atoms with Gasteiger partial charge in [0, 0.05) is 5.56 Å². The Bertz CT molecular complexity index is 903. The zero-order chi connectivity index (χ0) is 19.2. The van der Waals surface area contributed by atoms with Crippen LogP contribution in [0.1, 0.15) is 5.56 Å². The Labute approximate surface area is 152 Å². The van der Waals surface area contributed by atoms with Gasteiger partial charge in [-0.05, 0) is 18.2 Å². The van der Waals surface area contributed by atoms with Gasteiger partial charge in [-0.25, -0.2) is 0 Å². The van der Waals surface area contributed by atoms with Crippen LogP contribution < -0.4 is 9.47 Å². The third kappa shape index (κ3) is 3.45. The first-order valence-electron chi connectivity index (χ1n) is 7.88. The maximum Gasteiger partial charge on any atom is 0.523 e. The van der Waals surface area contributed by atoms with Crippen LogP contribution in [0.15, 0.2) is 18.2 Å². The predicted octanol–water partition coefficient (Wildman–Crippen LogP) is 1.42. The minimum atomic E-state index is -5.72. The van der Waals surface area contributed by atoms with Crippen LogP contribution in [0.25, 0.3) is 0 Å². The fraction of sp³-hybridized carbons (Fsp3) is 0.500. The molecule has 0 N–H and O–H groups in total. The second kappa shape index (κ2) is 6.56. The first kappa shape index (κ1) is 18.4. The molecule has 0 bridgehead atoms. The average molecular weight is 406 g/mol. The summed E-state index contributed by atoms with van der Waals surface area (Å²) in [7, 11) is -5.72. The Morgan fingerprint density at radius 2 is 1.81 bits per heavy atom. The van der Waals surface area contributed by atoms with Gasteiger partial charge < -0.3 is 18.9 Å². The van der Waals surface area contributed by atoms with Crippen LogP contribution in [0.2, 0.25) is 0 Å². The summed E-state index contributed by atoms with van der Waals surface area (Å²) in [6.07, 6.45) is -2.96. The van der Waals surface area contributed by atoms with Crippen LogP contribution in [0.4, 0.5) is 13.2 Å². The van der Waals surface area contributed by atoms with Crippen LogP contribution >= 0.6 is 0 Å². The molecule has 4 rings (SSSR count). The molecule has 27 heavy (non-hydrogen) atoms. The number of benzene rings is 1. The zero-order valence-electron chi connectivity index (χ0n) is 13.6. The summed E-state index contributed by atoms with van der Waals surface area (Å²) in [4.78, 5) is 0. The van der Waals surface area contributed by atoms with E-state index in [1.165, 1.54) is 0 Å². The Balaban J connectivity index is 1.44. The second-order valence-electron chi connectivity index (χ2n) is 6.07. The molecule has 0 spiro atoms. The molecule has 0 aromatic heterocycles. The van der Waals surface area contributed by atoms with Crippen molar-refractivity contribution in [2.24, 2.45) is 5.92 Å². The van der Waals surface area contributed by atoms with E-state index >= 15 is 0 Å². The molecule has 11 heteroatoms. The molecule has 0 amide bonds. The SMILES string of the molecule is O=S(=O)(O[C@@H]1CO[C@H]2[C@@H]1OC[C@@H]2C#Cc1ccc2c(c1)OCO2)C(F)(F)F. The zero-order valence-corrected chi connectivity index (χ0v) is 14.4. The summed E-state index contributed by atoms with van der Waals surface area (Å²) in [6, 6.07) is 5.17. The number of alkyl halides is 3. The molecule has 3 heterocycles. The van der Waals surface area contributed by atoms with Gasteiger partial charge in [-0.2, -0.15) is 21.6 Å². The van der Waals surface area contributed by atoms with E-state index in [9.17, 15) is 21.6 Å². The lowest BCUT2D eigenvalue weighted by Crippen LogP contribution is -2.37. The lowest BCUT2D eigenvalue weighted by Gasteiger charge is -2.17. The van der Waals surface area contributed by atoms with Gasteiger partial charge in [0.25, 0.3) is 0 Å². The van der Waals surface area contributed by atoms with Crippen molar-refractivity contribution in [3.63, 3.8) is 0 Å². The average Bonchev–Trinajstić information content (AvgIpc) is 3.29. The smallest absolute Gasteiger partial charge is 0.454 e. The summed E-state index contributed by atoms with van der Waals surface area (Å²) in [5.41, 5.74) is -4.84. The number of ether oxygens (including phenoxy) is 4. The molecule has 0 radical (unpaired) electrons. The molecule has 146 valence electrons. The van der Waals surface area contributed by atoms with E-state index in [-0.39, 0.29) is 20.0 Å². The molecule has 1 aromatic carbocycles. The molecule has 3 aliphatic rings. The third-order valence-electron chi connectivity index (χ3n) is 4.32. The maximum atomic E-state index is 12.5. The second-order valence-corrected chi connectivity index (χ2v) is 7.64. The number of hydrogen-bond donors (Lipinski definition) is 0. The van der Waals surface area contributed by atoms with Crippen LogP contribution in [-0.4, -0.2) is 52.2 Å². The normalized spacial score (nSPS) is 29.3. The monoisotopic (exact) mass is 406 g/mol. The van der Waals surface area contributed by atoms with Crippen LogP contribution in [0.3, 0.4) is 0 Å². The van der Waals surface area contributed by atoms with Gasteiger partial charge in [-0.3, -0.25) is 4.18 Å². The van der Waals surface area contributed by atoms with E-state index < -0.39 is 39.9 Å². The molecular formula is C16H13F3O7S. The van der Waals surface area contributed by atoms with Crippen molar-refractivity contribution in [1.29, 1.82) is 0 Å². The number of rotatable bonds is 2. The molecule has 1 aromatic rings. The molecule has 0 aliphatic carbocycles. The summed E-state index contributed by atoms with van der Waals surface area (Å²) in [5.74, 6) is 6.65. The summed E-state index contributed by atoms with van der Waals surface area (Å²) < 4.78 is 85.3. The van der Waals surface area contributed by atoms with Gasteiger partial charge in [0.2, 0.25) is 6.79 Å². The van der Waals surface area contributed by atoms with Gasteiger partial charge in [0.05, 0.1) is 19.1 Å². The highest BCUT2D eigenvalue weighted by atomic mass is 32.2. The van der Waals surface area contributed by atoms with Crippen LogP contribution in [-0.2, 0) is 23.8 Å². The molecular weight excluding hydrogens is 393 g/mol. The summed E-state index contributed by atoms with van der Waals surface area (Å²) in [5, 5.41) is 0. The highest BCUT2D eigenvalue weighted by Crippen LogP contribution is 2.36. The van der Waals surface area contributed by atoms with E-state index in [1.54, 1.807) is 18.2 Å². The van der Waals surface area contributed by atoms with E-state index in [1.807, 2.05) is 0 Å². The van der Waals surface area contributed by atoms with Crippen molar-refractivity contribution in [2.75, 3.05) is 20.0 Å². The van der Waals surface area contributed by atoms with Crippen molar-refractivity contribution in [3.8, 4) is 23.3 Å². The Morgan fingerprint density at radius 1 is 1.07 bits per heavy atom. The van der Waals surface area contributed by atoms with E-state index in [2.05, 4.69) is 16.0 Å². The Morgan fingerprint density at radius 3 is 2.59 bits per heavy atom. The standard InChI is InChI=1S/C16H13F3O7S/c17-16(18,19)27(20,21)26-13-7-23-14-10(6-22-15(13)14)3-1-9-2-4-11-12(5-9)25-8-24-11/h2,4-5,10,13-15H,6-8H2/t10-,13+,14+,15+/m0/s1.